The van der Waals surface area contributed by atoms with Crippen molar-refractivity contribution in [3.63, 3.8) is 0 Å². The highest BCUT2D eigenvalue weighted by atomic mass is 16.6. The normalized spacial score (nSPS) is 9.91. The van der Waals surface area contributed by atoms with Gasteiger partial charge in [-0.15, -0.1) is 0 Å². The number of urea groups is 1. The number of rotatable bonds is 4. The first-order chi connectivity index (χ1) is 10.5. The number of nitrogens with one attached hydrogen (secondary N) is 2. The molecule has 0 aliphatic heterocycles. The van der Waals surface area contributed by atoms with Crippen LogP contribution in [0.2, 0.25) is 0 Å². The van der Waals surface area contributed by atoms with E-state index in [1.54, 1.807) is 31.2 Å². The molecule has 2 aromatic rings. The van der Waals surface area contributed by atoms with Gasteiger partial charge >= 0.3 is 6.03 Å². The molecular weight excluding hydrogens is 286 g/mol. The Bertz CT molecular complexity index is 701. The van der Waals surface area contributed by atoms with Crippen molar-refractivity contribution in [2.45, 2.75) is 6.92 Å². The topological polar surface area (TPSA) is 93.5 Å². The van der Waals surface area contributed by atoms with Crippen molar-refractivity contribution in [3.8, 4) is 5.75 Å². The van der Waals surface area contributed by atoms with Gasteiger partial charge in [-0.2, -0.15) is 0 Å². The van der Waals surface area contributed by atoms with Crippen LogP contribution < -0.4 is 15.4 Å². The second-order valence-electron chi connectivity index (χ2n) is 4.54. The van der Waals surface area contributed by atoms with Crippen molar-refractivity contribution < 1.29 is 14.5 Å². The van der Waals surface area contributed by atoms with E-state index in [0.717, 1.165) is 0 Å². The number of anilines is 2. The Morgan fingerprint density at radius 2 is 1.86 bits per heavy atom. The molecule has 0 saturated carbocycles. The van der Waals surface area contributed by atoms with Gasteiger partial charge in [0.25, 0.3) is 5.69 Å². The van der Waals surface area contributed by atoms with Gasteiger partial charge in [0.15, 0.2) is 0 Å². The molecule has 0 aliphatic carbocycles. The summed E-state index contributed by atoms with van der Waals surface area (Å²) in [5.41, 5.74) is 1.36. The molecule has 7 nitrogen and oxygen atoms in total. The Hall–Kier alpha value is -3.09. The molecule has 2 rings (SSSR count). The molecule has 2 amide bonds. The van der Waals surface area contributed by atoms with Crippen LogP contribution >= 0.6 is 0 Å². The Morgan fingerprint density at radius 1 is 1.18 bits per heavy atom. The lowest BCUT2D eigenvalue weighted by Gasteiger charge is -2.12. The lowest BCUT2D eigenvalue weighted by Crippen LogP contribution is -2.19. The summed E-state index contributed by atoms with van der Waals surface area (Å²) in [5.74, 6) is 0.223. The van der Waals surface area contributed by atoms with Gasteiger partial charge in [0.05, 0.1) is 23.8 Å². The predicted octanol–water partition coefficient (Wildman–Crippen LogP) is 3.56. The molecule has 2 aromatic carbocycles. The second kappa shape index (κ2) is 6.57. The molecule has 0 aromatic heterocycles. The van der Waals surface area contributed by atoms with Crippen LogP contribution in [0.5, 0.6) is 5.75 Å². The molecule has 0 fully saturated rings. The number of nitrogens with zero attached hydrogens (tertiary/aromatic N) is 1. The highest BCUT2D eigenvalue weighted by Crippen LogP contribution is 2.32. The van der Waals surface area contributed by atoms with Gasteiger partial charge in [0.1, 0.15) is 5.75 Å². The van der Waals surface area contributed by atoms with E-state index in [-0.39, 0.29) is 11.4 Å². The molecule has 0 saturated heterocycles. The van der Waals surface area contributed by atoms with Crippen molar-refractivity contribution in [2.75, 3.05) is 17.7 Å². The van der Waals surface area contributed by atoms with Crippen molar-refractivity contribution in [1.29, 1.82) is 0 Å². The minimum absolute atomic E-state index is 0.0640. The average Bonchev–Trinajstić information content (AvgIpc) is 2.48. The summed E-state index contributed by atoms with van der Waals surface area (Å²) in [6, 6.07) is 11.3. The van der Waals surface area contributed by atoms with Gasteiger partial charge in [-0.05, 0) is 25.1 Å². The fourth-order valence-electron chi connectivity index (χ4n) is 1.95. The number of carbonyl (C=O) groups excluding carboxylic acids is 1. The number of ether oxygens (including phenoxy) is 1. The summed E-state index contributed by atoms with van der Waals surface area (Å²) >= 11 is 0. The van der Waals surface area contributed by atoms with Gasteiger partial charge in [-0.25, -0.2) is 4.79 Å². The molecule has 0 atom stereocenters. The molecule has 0 bridgehead atoms. The van der Waals surface area contributed by atoms with Crippen LogP contribution in [-0.4, -0.2) is 18.1 Å². The van der Waals surface area contributed by atoms with Crippen molar-refractivity contribution in [1.82, 2.24) is 0 Å². The summed E-state index contributed by atoms with van der Waals surface area (Å²) in [5, 5.41) is 16.2. The maximum atomic E-state index is 12.0. The summed E-state index contributed by atoms with van der Waals surface area (Å²) < 4.78 is 5.10. The number of carbonyl (C=O) groups is 1. The van der Waals surface area contributed by atoms with E-state index in [4.69, 9.17) is 4.74 Å². The standard InChI is InChI=1S/C15H15N3O4/c1-10-8-12(14(22-2)9-13(10)18(20)21)17-15(19)16-11-6-4-3-5-7-11/h3-9H,1-2H3,(H2,16,17,19). The Morgan fingerprint density at radius 3 is 2.45 bits per heavy atom. The number of hydrogen-bond acceptors (Lipinski definition) is 4. The molecule has 2 N–H and O–H groups in total. The summed E-state index contributed by atoms with van der Waals surface area (Å²) in [6.45, 7) is 1.60. The van der Waals surface area contributed by atoms with E-state index in [2.05, 4.69) is 10.6 Å². The number of aryl methyl sites for hydroxylation is 1. The van der Waals surface area contributed by atoms with Crippen LogP contribution in [0.3, 0.4) is 0 Å². The van der Waals surface area contributed by atoms with E-state index in [0.29, 0.717) is 16.9 Å². The van der Waals surface area contributed by atoms with Crippen LogP contribution in [0.4, 0.5) is 21.9 Å². The average molecular weight is 301 g/mol. The maximum absolute atomic E-state index is 12.0. The molecule has 114 valence electrons. The van der Waals surface area contributed by atoms with Gasteiger partial charge in [0, 0.05) is 11.3 Å². The van der Waals surface area contributed by atoms with Crippen molar-refractivity contribution in [2.24, 2.45) is 0 Å². The highest BCUT2D eigenvalue weighted by Gasteiger charge is 2.17. The Labute approximate surface area is 127 Å². The summed E-state index contributed by atoms with van der Waals surface area (Å²) in [6.07, 6.45) is 0. The van der Waals surface area contributed by atoms with Crippen LogP contribution in [0.1, 0.15) is 5.56 Å². The number of amides is 2. The van der Waals surface area contributed by atoms with E-state index < -0.39 is 11.0 Å². The summed E-state index contributed by atoms with van der Waals surface area (Å²) in [7, 11) is 1.38. The molecule has 22 heavy (non-hydrogen) atoms. The summed E-state index contributed by atoms with van der Waals surface area (Å²) in [4.78, 5) is 22.4. The van der Waals surface area contributed by atoms with E-state index in [9.17, 15) is 14.9 Å². The minimum atomic E-state index is -0.494. The third-order valence-electron chi connectivity index (χ3n) is 2.99. The quantitative estimate of drug-likeness (QED) is 0.667. The zero-order valence-corrected chi connectivity index (χ0v) is 12.1. The molecule has 0 unspecified atom stereocenters. The highest BCUT2D eigenvalue weighted by molar-refractivity contribution is 6.00. The number of benzene rings is 2. The Kier molecular flexibility index (Phi) is 4.57. The zero-order chi connectivity index (χ0) is 16.1. The SMILES string of the molecule is COc1cc([N+](=O)[O-])c(C)cc1NC(=O)Nc1ccccc1. The first-order valence-electron chi connectivity index (χ1n) is 6.47. The van der Waals surface area contributed by atoms with Gasteiger partial charge in [0.2, 0.25) is 0 Å². The second-order valence-corrected chi connectivity index (χ2v) is 4.54. The molecule has 0 heterocycles. The van der Waals surface area contributed by atoms with E-state index in [1.165, 1.54) is 19.2 Å². The zero-order valence-electron chi connectivity index (χ0n) is 12.1. The number of nitro benzene ring substituents is 1. The van der Waals surface area contributed by atoms with Gasteiger partial charge < -0.3 is 15.4 Å². The maximum Gasteiger partial charge on any atom is 0.323 e. The smallest absolute Gasteiger partial charge is 0.323 e. The van der Waals surface area contributed by atoms with Crippen LogP contribution in [0.15, 0.2) is 42.5 Å². The van der Waals surface area contributed by atoms with Crippen LogP contribution in [-0.2, 0) is 0 Å². The molecular formula is C15H15N3O4. The lowest BCUT2D eigenvalue weighted by molar-refractivity contribution is -0.385. The third kappa shape index (κ3) is 3.51. The lowest BCUT2D eigenvalue weighted by atomic mass is 10.1. The number of hydrogen-bond donors (Lipinski definition) is 2. The fourth-order valence-corrected chi connectivity index (χ4v) is 1.95. The number of nitro groups is 1. The molecule has 7 heteroatoms. The van der Waals surface area contributed by atoms with Crippen LogP contribution in [0, 0.1) is 17.0 Å². The van der Waals surface area contributed by atoms with Gasteiger partial charge in [-0.3, -0.25) is 10.1 Å². The van der Waals surface area contributed by atoms with Crippen molar-refractivity contribution >= 4 is 23.1 Å². The third-order valence-corrected chi connectivity index (χ3v) is 2.99. The predicted molar refractivity (Wildman–Crippen MR) is 83.5 cm³/mol. The van der Waals surface area contributed by atoms with E-state index >= 15 is 0 Å². The molecule has 0 aliphatic rings. The van der Waals surface area contributed by atoms with Crippen molar-refractivity contribution in [3.05, 3.63) is 58.1 Å². The number of para-hydroxylation sites is 1. The Balaban J connectivity index is 2.20. The minimum Gasteiger partial charge on any atom is -0.494 e. The largest absolute Gasteiger partial charge is 0.494 e. The van der Waals surface area contributed by atoms with Gasteiger partial charge in [-0.1, -0.05) is 18.2 Å². The number of methoxy groups -OCH3 is 1. The van der Waals surface area contributed by atoms with E-state index in [1.807, 2.05) is 6.07 Å². The molecule has 0 radical (unpaired) electrons. The first kappa shape index (κ1) is 15.3. The first-order valence-corrected chi connectivity index (χ1v) is 6.47. The fraction of sp³-hybridized carbons (Fsp3) is 0.133. The molecule has 0 spiro atoms. The monoisotopic (exact) mass is 301 g/mol. The van der Waals surface area contributed by atoms with Crippen LogP contribution in [0.25, 0.3) is 0 Å².